The summed E-state index contributed by atoms with van der Waals surface area (Å²) in [4.78, 5) is 23.9. The van der Waals surface area contributed by atoms with Gasteiger partial charge in [-0.25, -0.2) is 4.79 Å². The summed E-state index contributed by atoms with van der Waals surface area (Å²) in [5.41, 5.74) is 4.16. The topological polar surface area (TPSA) is 84.9 Å². The van der Waals surface area contributed by atoms with Crippen molar-refractivity contribution in [3.8, 4) is 11.1 Å². The van der Waals surface area contributed by atoms with Crippen molar-refractivity contribution >= 4 is 11.9 Å². The summed E-state index contributed by atoms with van der Waals surface area (Å²) in [5.74, 6) is -0.692. The van der Waals surface area contributed by atoms with E-state index in [1.165, 1.54) is 0 Å². The lowest BCUT2D eigenvalue weighted by atomic mass is 9.98. The standard InChI is InChI=1S/C22H22F3NO5/c1-13(27)19(11-30-12-20(28)22(23,24)25)26-21(29)31-10-18-16-8-4-2-6-14(16)15-7-3-5-9-17(15)18/h2-9,18-20,28H,10-12H2,1H3,(H,26,29)/t19-,20?/m0/s1. The van der Waals surface area contributed by atoms with Gasteiger partial charge in [-0.15, -0.1) is 0 Å². The fraction of sp³-hybridized carbons (Fsp3) is 0.364. The number of nitrogens with one attached hydrogen (secondary N) is 1. The lowest BCUT2D eigenvalue weighted by Crippen LogP contribution is -2.44. The molecule has 1 unspecified atom stereocenters. The van der Waals surface area contributed by atoms with Crippen LogP contribution in [0.1, 0.15) is 24.0 Å². The smallest absolute Gasteiger partial charge is 0.416 e. The van der Waals surface area contributed by atoms with Crippen LogP contribution in [0.2, 0.25) is 0 Å². The highest BCUT2D eigenvalue weighted by molar-refractivity contribution is 5.85. The molecule has 0 radical (unpaired) electrons. The van der Waals surface area contributed by atoms with Gasteiger partial charge < -0.3 is 19.9 Å². The number of hydrogen-bond donors (Lipinski definition) is 2. The zero-order chi connectivity index (χ0) is 22.6. The first-order valence-corrected chi connectivity index (χ1v) is 9.63. The third-order valence-electron chi connectivity index (χ3n) is 5.06. The maximum Gasteiger partial charge on any atom is 0.416 e. The summed E-state index contributed by atoms with van der Waals surface area (Å²) in [5, 5.41) is 11.2. The molecule has 0 aliphatic heterocycles. The maximum absolute atomic E-state index is 12.3. The van der Waals surface area contributed by atoms with E-state index in [1.54, 1.807) is 0 Å². The molecule has 0 saturated carbocycles. The number of hydrogen-bond acceptors (Lipinski definition) is 5. The minimum absolute atomic E-state index is 0.0259. The van der Waals surface area contributed by atoms with E-state index in [0.717, 1.165) is 29.2 Å². The monoisotopic (exact) mass is 437 g/mol. The van der Waals surface area contributed by atoms with Crippen LogP contribution in [0.4, 0.5) is 18.0 Å². The first-order valence-electron chi connectivity index (χ1n) is 9.63. The van der Waals surface area contributed by atoms with Gasteiger partial charge in [-0.1, -0.05) is 48.5 Å². The zero-order valence-electron chi connectivity index (χ0n) is 16.7. The van der Waals surface area contributed by atoms with Crippen LogP contribution in [0.5, 0.6) is 0 Å². The van der Waals surface area contributed by atoms with Crippen molar-refractivity contribution in [1.82, 2.24) is 5.32 Å². The van der Waals surface area contributed by atoms with Crippen molar-refractivity contribution in [1.29, 1.82) is 0 Å². The molecule has 1 aliphatic rings. The molecule has 2 atom stereocenters. The number of amides is 1. The van der Waals surface area contributed by atoms with Crippen LogP contribution in [0.25, 0.3) is 11.1 Å². The predicted molar refractivity (Wildman–Crippen MR) is 106 cm³/mol. The number of fused-ring (bicyclic) bond motifs is 3. The summed E-state index contributed by atoms with van der Waals surface area (Å²) < 4.78 is 47.0. The molecule has 9 heteroatoms. The Morgan fingerprint density at radius 2 is 1.58 bits per heavy atom. The largest absolute Gasteiger partial charge is 0.449 e. The molecule has 2 aromatic carbocycles. The molecule has 6 nitrogen and oxygen atoms in total. The molecule has 0 heterocycles. The number of ketones is 1. The molecule has 0 saturated heterocycles. The highest BCUT2D eigenvalue weighted by Gasteiger charge is 2.38. The number of ether oxygens (including phenoxy) is 2. The SMILES string of the molecule is CC(=O)[C@H](COCC(O)C(F)(F)F)NC(=O)OCC1c2ccccc2-c2ccccc21. The van der Waals surface area contributed by atoms with E-state index in [1.807, 2.05) is 48.5 Å². The number of carbonyl (C=O) groups is 2. The number of halogens is 3. The van der Waals surface area contributed by atoms with Crippen molar-refractivity contribution in [3.05, 3.63) is 59.7 Å². The van der Waals surface area contributed by atoms with Gasteiger partial charge >= 0.3 is 12.3 Å². The normalized spacial score (nSPS) is 15.0. The van der Waals surface area contributed by atoms with Crippen molar-refractivity contribution in [2.24, 2.45) is 0 Å². The minimum Gasteiger partial charge on any atom is -0.449 e. The van der Waals surface area contributed by atoms with Crippen molar-refractivity contribution in [3.63, 3.8) is 0 Å². The highest BCUT2D eigenvalue weighted by Crippen LogP contribution is 2.44. The average Bonchev–Trinajstić information content (AvgIpc) is 3.04. The number of aliphatic hydroxyl groups excluding tert-OH is 1. The van der Waals surface area contributed by atoms with Gasteiger partial charge in [-0.05, 0) is 29.2 Å². The van der Waals surface area contributed by atoms with Gasteiger partial charge in [-0.2, -0.15) is 13.2 Å². The summed E-state index contributed by atoms with van der Waals surface area (Å²) >= 11 is 0. The van der Waals surface area contributed by atoms with Gasteiger partial charge in [0.25, 0.3) is 0 Å². The molecular formula is C22H22F3NO5. The molecule has 31 heavy (non-hydrogen) atoms. The summed E-state index contributed by atoms with van der Waals surface area (Å²) in [6.07, 6.45) is -8.39. The van der Waals surface area contributed by atoms with Crippen LogP contribution in [-0.2, 0) is 14.3 Å². The number of Topliss-reactive ketones (excluding diaryl/α,β-unsaturated/α-hetero) is 1. The van der Waals surface area contributed by atoms with Gasteiger partial charge in [-0.3, -0.25) is 4.79 Å². The fourth-order valence-electron chi connectivity index (χ4n) is 3.44. The molecule has 2 aromatic rings. The lowest BCUT2D eigenvalue weighted by molar-refractivity contribution is -0.217. The van der Waals surface area contributed by atoms with Crippen LogP contribution in [0.3, 0.4) is 0 Å². The molecule has 1 aliphatic carbocycles. The molecule has 1 amide bonds. The second kappa shape index (κ2) is 9.49. The third kappa shape index (κ3) is 5.42. The Morgan fingerprint density at radius 1 is 1.03 bits per heavy atom. The predicted octanol–water partition coefficient (Wildman–Crippen LogP) is 3.42. The molecule has 0 bridgehead atoms. The van der Waals surface area contributed by atoms with Crippen LogP contribution in [0.15, 0.2) is 48.5 Å². The molecule has 0 spiro atoms. The Balaban J connectivity index is 1.57. The Hall–Kier alpha value is -2.91. The number of rotatable bonds is 8. The van der Waals surface area contributed by atoms with Gasteiger partial charge in [0.15, 0.2) is 11.9 Å². The number of alkyl halides is 3. The van der Waals surface area contributed by atoms with Crippen LogP contribution in [0, 0.1) is 0 Å². The fourth-order valence-corrected chi connectivity index (χ4v) is 3.44. The Morgan fingerprint density at radius 3 is 2.10 bits per heavy atom. The maximum atomic E-state index is 12.3. The molecule has 166 valence electrons. The Bertz CT molecular complexity index is 901. The molecule has 0 fully saturated rings. The molecule has 2 N–H and O–H groups in total. The average molecular weight is 437 g/mol. The molecular weight excluding hydrogens is 415 g/mol. The first kappa shape index (κ1) is 22.8. The second-order valence-corrected chi connectivity index (χ2v) is 7.23. The van der Waals surface area contributed by atoms with Gasteiger partial charge in [0, 0.05) is 5.92 Å². The second-order valence-electron chi connectivity index (χ2n) is 7.23. The summed E-state index contributed by atoms with van der Waals surface area (Å²) in [7, 11) is 0. The molecule has 3 rings (SSSR count). The number of alkyl carbamates (subject to hydrolysis) is 1. The van der Waals surface area contributed by atoms with Crippen molar-refractivity contribution in [2.45, 2.75) is 31.2 Å². The van der Waals surface area contributed by atoms with Gasteiger partial charge in [0.1, 0.15) is 12.6 Å². The highest BCUT2D eigenvalue weighted by atomic mass is 19.4. The number of benzene rings is 2. The molecule has 0 aromatic heterocycles. The van der Waals surface area contributed by atoms with Gasteiger partial charge in [0.2, 0.25) is 0 Å². The van der Waals surface area contributed by atoms with Crippen LogP contribution >= 0.6 is 0 Å². The van der Waals surface area contributed by atoms with E-state index < -0.39 is 43.4 Å². The van der Waals surface area contributed by atoms with E-state index in [2.05, 4.69) is 5.32 Å². The van der Waals surface area contributed by atoms with Crippen LogP contribution < -0.4 is 5.32 Å². The first-order chi connectivity index (χ1) is 14.7. The van der Waals surface area contributed by atoms with E-state index in [0.29, 0.717) is 0 Å². The van der Waals surface area contributed by atoms with Crippen LogP contribution in [-0.4, -0.2) is 55.1 Å². The number of carbonyl (C=O) groups excluding carboxylic acids is 2. The number of aliphatic hydroxyl groups is 1. The lowest BCUT2D eigenvalue weighted by Gasteiger charge is -2.19. The van der Waals surface area contributed by atoms with Gasteiger partial charge in [0.05, 0.1) is 13.2 Å². The Kier molecular flexibility index (Phi) is 6.97. The minimum atomic E-state index is -4.83. The van der Waals surface area contributed by atoms with E-state index in [4.69, 9.17) is 14.6 Å². The third-order valence-corrected chi connectivity index (χ3v) is 5.06. The quantitative estimate of drug-likeness (QED) is 0.661. The van der Waals surface area contributed by atoms with E-state index in [-0.39, 0.29) is 12.5 Å². The summed E-state index contributed by atoms with van der Waals surface area (Å²) in [6.45, 7) is -0.373. The van der Waals surface area contributed by atoms with E-state index in [9.17, 15) is 22.8 Å². The zero-order valence-corrected chi connectivity index (χ0v) is 16.7. The summed E-state index contributed by atoms with van der Waals surface area (Å²) in [6, 6.07) is 14.4. The van der Waals surface area contributed by atoms with Crippen molar-refractivity contribution < 1.29 is 37.3 Å². The van der Waals surface area contributed by atoms with E-state index >= 15 is 0 Å². The Labute approximate surface area is 177 Å². The van der Waals surface area contributed by atoms with Crippen molar-refractivity contribution in [2.75, 3.05) is 19.8 Å².